The van der Waals surface area contributed by atoms with Gasteiger partial charge in [0.25, 0.3) is 5.91 Å². The minimum atomic E-state index is -0.741. The van der Waals surface area contributed by atoms with E-state index in [1.54, 1.807) is 0 Å². The van der Waals surface area contributed by atoms with Crippen molar-refractivity contribution in [2.45, 2.75) is 26.8 Å². The van der Waals surface area contributed by atoms with Gasteiger partial charge in [0.2, 0.25) is 5.91 Å². The summed E-state index contributed by atoms with van der Waals surface area (Å²) in [6.07, 6.45) is 4.08. The summed E-state index contributed by atoms with van der Waals surface area (Å²) in [5, 5.41) is 2.58. The fourth-order valence-corrected chi connectivity index (χ4v) is 1.35. The molecule has 6 nitrogen and oxygen atoms in total. The fourth-order valence-electron chi connectivity index (χ4n) is 1.35. The highest BCUT2D eigenvalue weighted by molar-refractivity contribution is 5.97. The molecule has 0 bridgehead atoms. The number of rotatable bonds is 3. The van der Waals surface area contributed by atoms with Gasteiger partial charge in [-0.15, -0.1) is 0 Å². The van der Waals surface area contributed by atoms with E-state index in [1.807, 2.05) is 20.8 Å². The SMILES string of the molecule is CC(C)(C)[C@H](NC(=O)c1cncnc1)C(N)=O. The van der Waals surface area contributed by atoms with Gasteiger partial charge in [0.15, 0.2) is 0 Å². The summed E-state index contributed by atoms with van der Waals surface area (Å²) >= 11 is 0. The Kier molecular flexibility index (Phi) is 3.77. The molecule has 0 fully saturated rings. The minimum Gasteiger partial charge on any atom is -0.368 e. The molecule has 0 unspecified atom stereocenters. The maximum absolute atomic E-state index is 11.8. The summed E-state index contributed by atoms with van der Waals surface area (Å²) in [5.41, 5.74) is 5.11. The summed E-state index contributed by atoms with van der Waals surface area (Å²) in [6.45, 7) is 5.47. The van der Waals surface area contributed by atoms with Crippen molar-refractivity contribution in [2.75, 3.05) is 0 Å². The highest BCUT2D eigenvalue weighted by atomic mass is 16.2. The van der Waals surface area contributed by atoms with Crippen molar-refractivity contribution in [2.24, 2.45) is 11.1 Å². The monoisotopic (exact) mass is 236 g/mol. The number of amides is 2. The molecule has 17 heavy (non-hydrogen) atoms. The second-order valence-corrected chi connectivity index (χ2v) is 4.80. The molecular formula is C11H16N4O2. The summed E-state index contributed by atoms with van der Waals surface area (Å²) in [5.74, 6) is -0.980. The van der Waals surface area contributed by atoms with Gasteiger partial charge in [0.1, 0.15) is 12.4 Å². The molecule has 0 aliphatic rings. The van der Waals surface area contributed by atoms with E-state index < -0.39 is 23.3 Å². The number of nitrogens with two attached hydrogens (primary N) is 1. The second-order valence-electron chi connectivity index (χ2n) is 4.80. The molecule has 0 spiro atoms. The molecule has 0 saturated heterocycles. The highest BCUT2D eigenvalue weighted by Gasteiger charge is 2.31. The molecule has 0 aliphatic heterocycles. The molecule has 2 amide bonds. The van der Waals surface area contributed by atoms with Crippen LogP contribution in [0, 0.1) is 5.41 Å². The van der Waals surface area contributed by atoms with Crippen molar-refractivity contribution < 1.29 is 9.59 Å². The molecule has 1 atom stereocenters. The van der Waals surface area contributed by atoms with Gasteiger partial charge in [-0.25, -0.2) is 9.97 Å². The first-order chi connectivity index (χ1) is 7.82. The standard InChI is InChI=1S/C11H16N4O2/c1-11(2,3)8(9(12)16)15-10(17)7-4-13-6-14-5-7/h4-6,8H,1-3H3,(H2,12,16)(H,15,17)/t8-/m1/s1. The molecule has 0 radical (unpaired) electrons. The zero-order valence-corrected chi connectivity index (χ0v) is 10.1. The van der Waals surface area contributed by atoms with Gasteiger partial charge in [0.05, 0.1) is 5.56 Å². The second kappa shape index (κ2) is 4.90. The topological polar surface area (TPSA) is 98.0 Å². The van der Waals surface area contributed by atoms with Crippen LogP contribution in [0.5, 0.6) is 0 Å². The Morgan fingerprint density at radius 2 is 1.82 bits per heavy atom. The third kappa shape index (κ3) is 3.51. The quantitative estimate of drug-likeness (QED) is 0.778. The van der Waals surface area contributed by atoms with Crippen molar-refractivity contribution >= 4 is 11.8 Å². The number of hydrogen-bond donors (Lipinski definition) is 2. The Labute approximate surface area is 99.6 Å². The van der Waals surface area contributed by atoms with E-state index in [2.05, 4.69) is 15.3 Å². The van der Waals surface area contributed by atoms with Gasteiger partial charge in [-0.05, 0) is 5.41 Å². The van der Waals surface area contributed by atoms with Gasteiger partial charge in [-0.1, -0.05) is 20.8 Å². The lowest BCUT2D eigenvalue weighted by molar-refractivity contribution is -0.122. The first-order valence-electron chi connectivity index (χ1n) is 5.17. The number of carbonyl (C=O) groups is 2. The highest BCUT2D eigenvalue weighted by Crippen LogP contribution is 2.19. The maximum Gasteiger partial charge on any atom is 0.255 e. The Morgan fingerprint density at radius 3 is 2.24 bits per heavy atom. The molecule has 1 heterocycles. The number of primary amides is 1. The van der Waals surface area contributed by atoms with Crippen LogP contribution in [0.4, 0.5) is 0 Å². The van der Waals surface area contributed by atoms with E-state index >= 15 is 0 Å². The molecule has 1 aromatic heterocycles. The first kappa shape index (κ1) is 13.1. The van der Waals surface area contributed by atoms with Crippen LogP contribution in [0.2, 0.25) is 0 Å². The number of aromatic nitrogens is 2. The maximum atomic E-state index is 11.8. The van der Waals surface area contributed by atoms with Crippen LogP contribution in [0.1, 0.15) is 31.1 Å². The van der Waals surface area contributed by atoms with Crippen LogP contribution in [0.3, 0.4) is 0 Å². The van der Waals surface area contributed by atoms with Crippen LogP contribution in [-0.4, -0.2) is 27.8 Å². The van der Waals surface area contributed by atoms with Crippen LogP contribution in [0.25, 0.3) is 0 Å². The molecule has 1 aromatic rings. The third-order valence-electron chi connectivity index (χ3n) is 2.25. The average molecular weight is 236 g/mol. The van der Waals surface area contributed by atoms with E-state index in [1.165, 1.54) is 18.7 Å². The van der Waals surface area contributed by atoms with Crippen molar-refractivity contribution in [3.05, 3.63) is 24.3 Å². The normalized spacial score (nSPS) is 12.9. The van der Waals surface area contributed by atoms with Crippen molar-refractivity contribution in [1.82, 2.24) is 15.3 Å². The number of carbonyl (C=O) groups excluding carboxylic acids is 2. The Hall–Kier alpha value is -1.98. The smallest absolute Gasteiger partial charge is 0.255 e. The predicted molar refractivity (Wildman–Crippen MR) is 61.9 cm³/mol. The van der Waals surface area contributed by atoms with Crippen LogP contribution < -0.4 is 11.1 Å². The predicted octanol–water partition coefficient (Wildman–Crippen LogP) is 0.106. The van der Waals surface area contributed by atoms with Gasteiger partial charge in [0, 0.05) is 12.4 Å². The number of nitrogens with zero attached hydrogens (tertiary/aromatic N) is 2. The summed E-state index contributed by atoms with van der Waals surface area (Å²) in [4.78, 5) is 30.6. The Morgan fingerprint density at radius 1 is 1.29 bits per heavy atom. The number of nitrogens with one attached hydrogen (secondary N) is 1. The zero-order valence-electron chi connectivity index (χ0n) is 10.1. The van der Waals surface area contributed by atoms with Crippen LogP contribution in [0.15, 0.2) is 18.7 Å². The molecule has 6 heteroatoms. The lowest BCUT2D eigenvalue weighted by Crippen LogP contribution is -2.52. The molecule has 0 aromatic carbocycles. The summed E-state index contributed by atoms with van der Waals surface area (Å²) < 4.78 is 0. The summed E-state index contributed by atoms with van der Waals surface area (Å²) in [6, 6.07) is -0.741. The van der Waals surface area contributed by atoms with Gasteiger partial charge in [-0.2, -0.15) is 0 Å². The van der Waals surface area contributed by atoms with E-state index in [4.69, 9.17) is 5.73 Å². The van der Waals surface area contributed by atoms with Crippen molar-refractivity contribution in [3.8, 4) is 0 Å². The number of hydrogen-bond acceptors (Lipinski definition) is 4. The molecule has 0 saturated carbocycles. The van der Waals surface area contributed by atoms with E-state index in [0.717, 1.165) is 0 Å². The fraction of sp³-hybridized carbons (Fsp3) is 0.455. The van der Waals surface area contributed by atoms with Crippen molar-refractivity contribution in [1.29, 1.82) is 0 Å². The molecular weight excluding hydrogens is 220 g/mol. The molecule has 1 rings (SSSR count). The lowest BCUT2D eigenvalue weighted by atomic mass is 9.86. The van der Waals surface area contributed by atoms with E-state index in [9.17, 15) is 9.59 Å². The van der Waals surface area contributed by atoms with E-state index in [-0.39, 0.29) is 0 Å². The van der Waals surface area contributed by atoms with Gasteiger partial charge < -0.3 is 11.1 Å². The van der Waals surface area contributed by atoms with Gasteiger partial charge in [-0.3, -0.25) is 9.59 Å². The van der Waals surface area contributed by atoms with E-state index in [0.29, 0.717) is 5.56 Å². The van der Waals surface area contributed by atoms with Crippen molar-refractivity contribution in [3.63, 3.8) is 0 Å². The Balaban J connectivity index is 2.83. The summed E-state index contributed by atoms with van der Waals surface area (Å²) in [7, 11) is 0. The Bertz CT molecular complexity index is 411. The zero-order chi connectivity index (χ0) is 13.1. The van der Waals surface area contributed by atoms with Gasteiger partial charge >= 0.3 is 0 Å². The molecule has 92 valence electrons. The first-order valence-corrected chi connectivity index (χ1v) is 5.17. The molecule has 0 aliphatic carbocycles. The van der Waals surface area contributed by atoms with Crippen LogP contribution in [-0.2, 0) is 4.79 Å². The molecule has 3 N–H and O–H groups in total. The third-order valence-corrected chi connectivity index (χ3v) is 2.25. The lowest BCUT2D eigenvalue weighted by Gasteiger charge is -2.28. The average Bonchev–Trinajstić information content (AvgIpc) is 2.24. The largest absolute Gasteiger partial charge is 0.368 e. The minimum absolute atomic E-state index is 0.294. The van der Waals surface area contributed by atoms with Crippen LogP contribution >= 0.6 is 0 Å².